The summed E-state index contributed by atoms with van der Waals surface area (Å²) in [5.41, 5.74) is 2.85. The molecule has 0 bridgehead atoms. The second-order valence-electron chi connectivity index (χ2n) is 8.03. The quantitative estimate of drug-likeness (QED) is 0.368. The number of halogens is 1. The molecule has 1 aliphatic rings. The summed E-state index contributed by atoms with van der Waals surface area (Å²) in [5, 5.41) is 21.1. The van der Waals surface area contributed by atoms with Crippen LogP contribution in [0.1, 0.15) is 33.3 Å². The van der Waals surface area contributed by atoms with Gasteiger partial charge in [0.25, 0.3) is 5.91 Å². The summed E-state index contributed by atoms with van der Waals surface area (Å²) >= 11 is 6.06. The Hall–Kier alpha value is -4.34. The molecule has 0 radical (unpaired) electrons. The molecule has 34 heavy (non-hydrogen) atoms. The fraction of sp³-hybridized carbons (Fsp3) is 0.0741. The number of aryl methyl sites for hydroxylation is 1. The third-order valence-electron chi connectivity index (χ3n) is 5.79. The highest BCUT2D eigenvalue weighted by Gasteiger charge is 2.45. The van der Waals surface area contributed by atoms with Gasteiger partial charge >= 0.3 is 0 Å². The summed E-state index contributed by atoms with van der Waals surface area (Å²) in [6, 6.07) is 21.5. The van der Waals surface area contributed by atoms with E-state index in [9.17, 15) is 14.7 Å². The predicted molar refractivity (Wildman–Crippen MR) is 128 cm³/mol. The summed E-state index contributed by atoms with van der Waals surface area (Å²) < 4.78 is 5.74. The zero-order chi connectivity index (χ0) is 24.0. The van der Waals surface area contributed by atoms with E-state index in [2.05, 4.69) is 0 Å². The van der Waals surface area contributed by atoms with Crippen LogP contribution < -0.4 is 4.90 Å². The zero-order valence-corrected chi connectivity index (χ0v) is 18.7. The molecule has 4 aromatic rings. The average Bonchev–Trinajstić information content (AvgIpc) is 3.37. The van der Waals surface area contributed by atoms with Gasteiger partial charge in [0.15, 0.2) is 11.5 Å². The minimum atomic E-state index is -0.885. The minimum Gasteiger partial charge on any atom is -0.503 e. The van der Waals surface area contributed by atoms with Gasteiger partial charge in [-0.25, -0.2) is 0 Å². The molecule has 3 aromatic carbocycles. The molecule has 0 saturated carbocycles. The summed E-state index contributed by atoms with van der Waals surface area (Å²) in [5.74, 6) is -1.95. The van der Waals surface area contributed by atoms with Crippen molar-refractivity contribution in [1.29, 1.82) is 5.26 Å². The van der Waals surface area contributed by atoms with E-state index in [1.165, 1.54) is 4.90 Å². The van der Waals surface area contributed by atoms with Crippen LogP contribution in [0.3, 0.4) is 0 Å². The van der Waals surface area contributed by atoms with Crippen LogP contribution >= 0.6 is 11.6 Å². The molecule has 166 valence electrons. The maximum atomic E-state index is 13.6. The fourth-order valence-electron chi connectivity index (χ4n) is 4.21. The molecule has 1 atom stereocenters. The van der Waals surface area contributed by atoms with Gasteiger partial charge in [0.1, 0.15) is 5.58 Å². The van der Waals surface area contributed by atoms with Crippen molar-refractivity contribution in [3.05, 3.63) is 112 Å². The van der Waals surface area contributed by atoms with Gasteiger partial charge in [0, 0.05) is 16.1 Å². The molecule has 2 heterocycles. The van der Waals surface area contributed by atoms with E-state index in [1.807, 2.05) is 31.2 Å². The van der Waals surface area contributed by atoms with E-state index in [0.29, 0.717) is 32.8 Å². The molecule has 0 aliphatic carbocycles. The summed E-state index contributed by atoms with van der Waals surface area (Å²) in [7, 11) is 0. The fourth-order valence-corrected chi connectivity index (χ4v) is 4.40. The highest BCUT2D eigenvalue weighted by atomic mass is 35.5. The molecule has 0 spiro atoms. The van der Waals surface area contributed by atoms with Crippen molar-refractivity contribution in [3.8, 4) is 6.07 Å². The number of anilines is 1. The van der Waals surface area contributed by atoms with Crippen LogP contribution in [-0.2, 0) is 4.79 Å². The number of nitrogens with zero attached hydrogens (tertiary/aromatic N) is 2. The first-order valence-electron chi connectivity index (χ1n) is 10.4. The number of fused-ring (bicyclic) bond motifs is 1. The highest BCUT2D eigenvalue weighted by molar-refractivity contribution is 6.31. The maximum Gasteiger partial charge on any atom is 0.294 e. The number of hydrogen-bond donors (Lipinski definition) is 1. The molecule has 1 aliphatic heterocycles. The Morgan fingerprint density at radius 3 is 2.56 bits per heavy atom. The molecular formula is C27H17ClN2O4. The van der Waals surface area contributed by atoms with Gasteiger partial charge in [-0.3, -0.25) is 14.5 Å². The Morgan fingerprint density at radius 2 is 1.85 bits per heavy atom. The highest BCUT2D eigenvalue weighted by Crippen LogP contribution is 2.42. The first-order valence-corrected chi connectivity index (χ1v) is 10.8. The van der Waals surface area contributed by atoms with Crippen LogP contribution in [0.4, 0.5) is 5.69 Å². The number of carbonyl (C=O) groups is 2. The van der Waals surface area contributed by atoms with Crippen molar-refractivity contribution in [2.75, 3.05) is 4.90 Å². The van der Waals surface area contributed by atoms with Crippen molar-refractivity contribution in [2.45, 2.75) is 13.0 Å². The van der Waals surface area contributed by atoms with Gasteiger partial charge in [-0.2, -0.15) is 5.26 Å². The average molecular weight is 469 g/mol. The smallest absolute Gasteiger partial charge is 0.294 e. The van der Waals surface area contributed by atoms with Crippen molar-refractivity contribution in [2.24, 2.45) is 0 Å². The molecular weight excluding hydrogens is 452 g/mol. The van der Waals surface area contributed by atoms with Gasteiger partial charge in [-0.15, -0.1) is 0 Å². The maximum absolute atomic E-state index is 13.6. The number of benzene rings is 3. The van der Waals surface area contributed by atoms with E-state index < -0.39 is 23.5 Å². The predicted octanol–water partition coefficient (Wildman–Crippen LogP) is 6.05. The molecule has 1 N–H and O–H groups in total. The zero-order valence-electron chi connectivity index (χ0n) is 17.9. The normalized spacial score (nSPS) is 15.7. The second kappa shape index (κ2) is 8.22. The van der Waals surface area contributed by atoms with Gasteiger partial charge in [0.05, 0.1) is 23.2 Å². The summed E-state index contributed by atoms with van der Waals surface area (Å²) in [6.07, 6.45) is 0. The number of ketones is 1. The van der Waals surface area contributed by atoms with E-state index >= 15 is 0 Å². The number of furan rings is 1. The number of nitriles is 1. The molecule has 1 amide bonds. The lowest BCUT2D eigenvalue weighted by molar-refractivity contribution is -0.117. The second-order valence-corrected chi connectivity index (χ2v) is 8.47. The molecule has 1 unspecified atom stereocenters. The van der Waals surface area contributed by atoms with E-state index in [1.54, 1.807) is 54.6 Å². The molecule has 6 nitrogen and oxygen atoms in total. The Balaban J connectivity index is 1.66. The topological polar surface area (TPSA) is 94.5 Å². The third-order valence-corrected chi connectivity index (χ3v) is 6.02. The number of amides is 1. The lowest BCUT2D eigenvalue weighted by atomic mass is 9.93. The molecule has 0 saturated heterocycles. The van der Waals surface area contributed by atoms with Crippen LogP contribution in [0.5, 0.6) is 0 Å². The first kappa shape index (κ1) is 21.5. The standard InChI is InChI=1S/C27H17ClN2O4/c1-15-3-2-4-17(11-15)24-23(25(31)22-13-18-12-19(28)7-10-21(18)34-22)26(32)27(33)30(24)20-8-5-16(14-29)6-9-20/h2-13,24,32H,1H3. The van der Waals surface area contributed by atoms with Crippen LogP contribution in [-0.4, -0.2) is 16.8 Å². The largest absolute Gasteiger partial charge is 0.503 e. The van der Waals surface area contributed by atoms with Gasteiger partial charge < -0.3 is 9.52 Å². The first-order chi connectivity index (χ1) is 16.4. The van der Waals surface area contributed by atoms with E-state index in [4.69, 9.17) is 21.3 Å². The number of hydrogen-bond acceptors (Lipinski definition) is 5. The molecule has 1 aromatic heterocycles. The van der Waals surface area contributed by atoms with Crippen LogP contribution in [0, 0.1) is 18.3 Å². The molecule has 5 rings (SSSR count). The van der Waals surface area contributed by atoms with Crippen molar-refractivity contribution in [3.63, 3.8) is 0 Å². The minimum absolute atomic E-state index is 0.00838. The van der Waals surface area contributed by atoms with Crippen LogP contribution in [0.15, 0.2) is 88.5 Å². The number of aliphatic hydroxyl groups is 1. The number of carbonyl (C=O) groups excluding carboxylic acids is 2. The van der Waals surface area contributed by atoms with Crippen LogP contribution in [0.25, 0.3) is 11.0 Å². The lowest BCUT2D eigenvalue weighted by Gasteiger charge is -2.27. The monoisotopic (exact) mass is 468 g/mol. The Kier molecular flexibility index (Phi) is 5.20. The van der Waals surface area contributed by atoms with Crippen molar-refractivity contribution in [1.82, 2.24) is 0 Å². The van der Waals surface area contributed by atoms with Gasteiger partial charge in [0.2, 0.25) is 5.78 Å². The SMILES string of the molecule is Cc1cccc(C2C(C(=O)c3cc4cc(Cl)ccc4o3)=C(O)C(=O)N2c2ccc(C#N)cc2)c1. The number of Topliss-reactive ketones (excluding diaryl/α,β-unsaturated/α-hetero) is 1. The van der Waals surface area contributed by atoms with E-state index in [0.717, 1.165) is 5.56 Å². The Bertz CT molecular complexity index is 1540. The Labute approximate surface area is 199 Å². The van der Waals surface area contributed by atoms with Gasteiger partial charge in [-0.1, -0.05) is 41.4 Å². The number of aliphatic hydroxyl groups excluding tert-OH is 1. The lowest BCUT2D eigenvalue weighted by Crippen LogP contribution is -2.31. The van der Waals surface area contributed by atoms with Crippen molar-refractivity contribution < 1.29 is 19.1 Å². The summed E-state index contributed by atoms with van der Waals surface area (Å²) in [4.78, 5) is 28.2. The third kappa shape index (κ3) is 3.53. The summed E-state index contributed by atoms with van der Waals surface area (Å²) in [6.45, 7) is 1.90. The number of rotatable bonds is 4. The van der Waals surface area contributed by atoms with Gasteiger partial charge in [-0.05, 0) is 61.0 Å². The molecule has 7 heteroatoms. The van der Waals surface area contributed by atoms with Crippen LogP contribution in [0.2, 0.25) is 5.02 Å². The Morgan fingerprint density at radius 1 is 1.09 bits per heavy atom. The molecule has 0 fully saturated rings. The van der Waals surface area contributed by atoms with Crippen molar-refractivity contribution >= 4 is 39.9 Å². The van der Waals surface area contributed by atoms with E-state index in [-0.39, 0.29) is 11.3 Å².